The summed E-state index contributed by atoms with van der Waals surface area (Å²) in [5.41, 5.74) is 3.11. The number of aromatic nitrogens is 1. The van der Waals surface area contributed by atoms with Crippen LogP contribution in [0.4, 0.5) is 0 Å². The van der Waals surface area contributed by atoms with E-state index in [1.807, 2.05) is 54.6 Å². The Balaban J connectivity index is 2.22. The molecule has 0 unspecified atom stereocenters. The number of ether oxygens (including phenoxy) is 1. The molecule has 0 saturated carbocycles. The summed E-state index contributed by atoms with van der Waals surface area (Å²) in [6, 6.07) is 19.2. The van der Waals surface area contributed by atoms with Gasteiger partial charge in [-0.05, 0) is 19.1 Å². The molecule has 0 fully saturated rings. The molecule has 0 aliphatic carbocycles. The number of rotatable bonds is 3. The number of carbonyl (C=O) groups excluding carboxylic acids is 1. The largest absolute Gasteiger partial charge is 0.462 e. The summed E-state index contributed by atoms with van der Waals surface area (Å²) in [6.07, 6.45) is 0. The van der Waals surface area contributed by atoms with E-state index in [1.54, 1.807) is 13.0 Å². The Morgan fingerprint density at radius 1 is 1.05 bits per heavy atom. The highest BCUT2D eigenvalue weighted by Crippen LogP contribution is 2.25. The number of hydrogen-bond donors (Lipinski definition) is 0. The van der Waals surface area contributed by atoms with Crippen LogP contribution in [0.3, 0.4) is 0 Å². The van der Waals surface area contributed by atoms with Gasteiger partial charge in [0.1, 0.15) is 0 Å². The highest BCUT2D eigenvalue weighted by atomic mass is 16.5. The normalized spacial score (nSPS) is 10.5. The third-order valence-electron chi connectivity index (χ3n) is 3.28. The van der Waals surface area contributed by atoms with E-state index in [4.69, 9.17) is 4.74 Å². The fraction of sp³-hybridized carbons (Fsp3) is 0.111. The molecular weight excluding hydrogens is 262 g/mol. The van der Waals surface area contributed by atoms with Crippen molar-refractivity contribution < 1.29 is 9.53 Å². The Morgan fingerprint density at radius 2 is 1.76 bits per heavy atom. The number of nitrogens with zero attached hydrogens (tertiary/aromatic N) is 1. The van der Waals surface area contributed by atoms with Gasteiger partial charge >= 0.3 is 5.97 Å². The molecule has 2 aromatic carbocycles. The fourth-order valence-electron chi connectivity index (χ4n) is 2.31. The molecule has 0 N–H and O–H groups in total. The predicted octanol–water partition coefficient (Wildman–Crippen LogP) is 4.08. The lowest BCUT2D eigenvalue weighted by Gasteiger charge is -2.09. The molecule has 0 spiro atoms. The van der Waals surface area contributed by atoms with Gasteiger partial charge in [0.05, 0.1) is 23.4 Å². The Hall–Kier alpha value is -2.68. The van der Waals surface area contributed by atoms with Crippen molar-refractivity contribution in [1.82, 2.24) is 4.98 Å². The number of para-hydroxylation sites is 1. The summed E-state index contributed by atoms with van der Waals surface area (Å²) in [6.45, 7) is 2.16. The van der Waals surface area contributed by atoms with E-state index in [1.165, 1.54) is 0 Å². The van der Waals surface area contributed by atoms with Gasteiger partial charge in [0.15, 0.2) is 0 Å². The van der Waals surface area contributed by atoms with Crippen molar-refractivity contribution in [2.75, 3.05) is 6.61 Å². The van der Waals surface area contributed by atoms with Crippen LogP contribution in [-0.4, -0.2) is 17.6 Å². The van der Waals surface area contributed by atoms with E-state index in [2.05, 4.69) is 4.98 Å². The van der Waals surface area contributed by atoms with E-state index in [0.29, 0.717) is 12.2 Å². The van der Waals surface area contributed by atoms with Crippen LogP contribution < -0.4 is 0 Å². The Labute approximate surface area is 123 Å². The van der Waals surface area contributed by atoms with E-state index in [-0.39, 0.29) is 5.97 Å². The molecule has 3 heteroatoms. The second kappa shape index (κ2) is 5.75. The van der Waals surface area contributed by atoms with Gasteiger partial charge in [0.25, 0.3) is 0 Å². The summed E-state index contributed by atoms with van der Waals surface area (Å²) >= 11 is 0. The zero-order chi connectivity index (χ0) is 14.7. The van der Waals surface area contributed by atoms with Crippen LogP contribution in [0.25, 0.3) is 22.2 Å². The van der Waals surface area contributed by atoms with Crippen molar-refractivity contribution in [3.63, 3.8) is 0 Å². The number of pyridine rings is 1. The highest BCUT2D eigenvalue weighted by molar-refractivity contribution is 6.04. The molecule has 0 atom stereocenters. The molecule has 0 aliphatic heterocycles. The van der Waals surface area contributed by atoms with Gasteiger partial charge in [-0.3, -0.25) is 0 Å². The summed E-state index contributed by atoms with van der Waals surface area (Å²) in [4.78, 5) is 16.8. The van der Waals surface area contributed by atoms with Gasteiger partial charge in [0, 0.05) is 10.9 Å². The maximum absolute atomic E-state index is 12.2. The first-order chi connectivity index (χ1) is 10.3. The summed E-state index contributed by atoms with van der Waals surface area (Å²) < 4.78 is 5.16. The molecule has 104 valence electrons. The Bertz CT molecular complexity index is 782. The second-order valence-corrected chi connectivity index (χ2v) is 4.66. The van der Waals surface area contributed by atoms with Crippen LogP contribution in [0.15, 0.2) is 60.7 Å². The van der Waals surface area contributed by atoms with Gasteiger partial charge < -0.3 is 4.74 Å². The highest BCUT2D eigenvalue weighted by Gasteiger charge is 2.14. The van der Waals surface area contributed by atoms with Gasteiger partial charge in [0.2, 0.25) is 0 Å². The Kier molecular flexibility index (Phi) is 3.65. The Morgan fingerprint density at radius 3 is 2.52 bits per heavy atom. The van der Waals surface area contributed by atoms with Crippen LogP contribution in [0.5, 0.6) is 0 Å². The third kappa shape index (κ3) is 2.63. The van der Waals surface area contributed by atoms with Gasteiger partial charge in [-0.1, -0.05) is 48.5 Å². The molecule has 0 amide bonds. The van der Waals surface area contributed by atoms with Crippen molar-refractivity contribution in [2.45, 2.75) is 6.92 Å². The molecular formula is C18H15NO2. The SMILES string of the molecule is CCOC(=O)c1cc(-c2ccccc2)nc2ccccc12. The number of hydrogen-bond acceptors (Lipinski definition) is 3. The molecule has 21 heavy (non-hydrogen) atoms. The van der Waals surface area contributed by atoms with Crippen molar-refractivity contribution in [3.8, 4) is 11.3 Å². The minimum atomic E-state index is -0.312. The average Bonchev–Trinajstić information content (AvgIpc) is 2.55. The third-order valence-corrected chi connectivity index (χ3v) is 3.28. The smallest absolute Gasteiger partial charge is 0.338 e. The fourth-order valence-corrected chi connectivity index (χ4v) is 2.31. The molecule has 3 aromatic rings. The van der Waals surface area contributed by atoms with Gasteiger partial charge in [-0.15, -0.1) is 0 Å². The summed E-state index contributed by atoms with van der Waals surface area (Å²) in [7, 11) is 0. The van der Waals surface area contributed by atoms with Gasteiger partial charge in [-0.25, -0.2) is 9.78 Å². The first-order valence-corrected chi connectivity index (χ1v) is 6.92. The molecule has 0 aliphatic rings. The topological polar surface area (TPSA) is 39.2 Å². The minimum Gasteiger partial charge on any atom is -0.462 e. The maximum atomic E-state index is 12.2. The lowest BCUT2D eigenvalue weighted by molar-refractivity contribution is 0.0528. The zero-order valence-electron chi connectivity index (χ0n) is 11.7. The number of benzene rings is 2. The van der Waals surface area contributed by atoms with Crippen LogP contribution >= 0.6 is 0 Å². The van der Waals surface area contributed by atoms with Crippen molar-refractivity contribution in [2.24, 2.45) is 0 Å². The van der Waals surface area contributed by atoms with Crippen LogP contribution in [0, 0.1) is 0 Å². The molecule has 3 nitrogen and oxygen atoms in total. The second-order valence-electron chi connectivity index (χ2n) is 4.66. The number of esters is 1. The first-order valence-electron chi connectivity index (χ1n) is 6.92. The van der Waals surface area contributed by atoms with E-state index < -0.39 is 0 Å². The average molecular weight is 277 g/mol. The number of fused-ring (bicyclic) bond motifs is 1. The lowest BCUT2D eigenvalue weighted by Crippen LogP contribution is -2.06. The monoisotopic (exact) mass is 277 g/mol. The van der Waals surface area contributed by atoms with Crippen LogP contribution in [-0.2, 0) is 4.74 Å². The van der Waals surface area contributed by atoms with E-state index in [0.717, 1.165) is 22.2 Å². The lowest BCUT2D eigenvalue weighted by atomic mass is 10.0. The summed E-state index contributed by atoms with van der Waals surface area (Å²) in [5.74, 6) is -0.312. The van der Waals surface area contributed by atoms with Gasteiger partial charge in [-0.2, -0.15) is 0 Å². The quantitative estimate of drug-likeness (QED) is 0.677. The molecule has 3 rings (SSSR count). The standard InChI is InChI=1S/C18H15NO2/c1-2-21-18(20)15-12-17(13-8-4-3-5-9-13)19-16-11-7-6-10-14(15)16/h3-12H,2H2,1H3. The summed E-state index contributed by atoms with van der Waals surface area (Å²) in [5, 5.41) is 0.815. The van der Waals surface area contributed by atoms with Crippen molar-refractivity contribution >= 4 is 16.9 Å². The molecule has 0 bridgehead atoms. The van der Waals surface area contributed by atoms with Crippen molar-refractivity contribution in [3.05, 3.63) is 66.2 Å². The van der Waals surface area contributed by atoms with E-state index in [9.17, 15) is 4.79 Å². The molecule has 1 aromatic heterocycles. The van der Waals surface area contributed by atoms with E-state index >= 15 is 0 Å². The molecule has 0 radical (unpaired) electrons. The van der Waals surface area contributed by atoms with Crippen LogP contribution in [0.1, 0.15) is 17.3 Å². The maximum Gasteiger partial charge on any atom is 0.338 e. The van der Waals surface area contributed by atoms with Crippen LogP contribution in [0.2, 0.25) is 0 Å². The molecule has 1 heterocycles. The minimum absolute atomic E-state index is 0.312. The first kappa shape index (κ1) is 13.3. The molecule has 0 saturated heterocycles. The van der Waals surface area contributed by atoms with Crippen molar-refractivity contribution in [1.29, 1.82) is 0 Å². The number of carbonyl (C=O) groups is 1. The zero-order valence-corrected chi connectivity index (χ0v) is 11.7. The predicted molar refractivity (Wildman–Crippen MR) is 83.1 cm³/mol.